The van der Waals surface area contributed by atoms with Crippen molar-refractivity contribution in [3.05, 3.63) is 39.4 Å². The number of aliphatic hydroxyl groups is 1. The number of nitrogens with zero attached hydrogens (tertiary/aromatic N) is 1. The van der Waals surface area contributed by atoms with Gasteiger partial charge in [-0.3, -0.25) is 10.1 Å². The first-order chi connectivity index (χ1) is 8.32. The number of nitrogens with two attached hydrogens (primary N) is 1. The van der Waals surface area contributed by atoms with Gasteiger partial charge < -0.3 is 10.8 Å². The monoisotopic (exact) mass is 258 g/mol. The number of rotatable bonds is 3. The number of fused-ring (bicyclic) bond motifs is 1. The van der Waals surface area contributed by atoms with E-state index in [2.05, 4.69) is 0 Å². The van der Waals surface area contributed by atoms with Crippen LogP contribution in [0, 0.1) is 10.1 Å². The third kappa shape index (κ3) is 1.67. The van der Waals surface area contributed by atoms with Gasteiger partial charge in [0.25, 0.3) is 11.6 Å². The topological polar surface area (TPSA) is 89.4 Å². The summed E-state index contributed by atoms with van der Waals surface area (Å²) in [5.41, 5.74) is 4.00. The maximum absolute atomic E-state index is 13.7. The highest BCUT2D eigenvalue weighted by atomic mass is 19.3. The molecule has 0 aliphatic heterocycles. The molecular weight excluding hydrogens is 246 g/mol. The van der Waals surface area contributed by atoms with Crippen molar-refractivity contribution in [2.24, 2.45) is 5.73 Å². The van der Waals surface area contributed by atoms with Gasteiger partial charge in [-0.2, -0.15) is 0 Å². The quantitative estimate of drug-likeness (QED) is 0.632. The Balaban J connectivity index is 2.55. The highest BCUT2D eigenvalue weighted by Crippen LogP contribution is 2.46. The number of hydrogen-bond donors (Lipinski definition) is 2. The summed E-state index contributed by atoms with van der Waals surface area (Å²) in [5, 5.41) is 19.4. The van der Waals surface area contributed by atoms with Crippen molar-refractivity contribution in [2.75, 3.05) is 6.61 Å². The van der Waals surface area contributed by atoms with Crippen molar-refractivity contribution in [1.82, 2.24) is 0 Å². The van der Waals surface area contributed by atoms with Gasteiger partial charge in [-0.15, -0.1) is 0 Å². The zero-order valence-corrected chi connectivity index (χ0v) is 9.40. The lowest BCUT2D eigenvalue weighted by atomic mass is 9.86. The summed E-state index contributed by atoms with van der Waals surface area (Å²) in [4.78, 5) is 10.0. The van der Waals surface area contributed by atoms with E-state index in [9.17, 15) is 18.9 Å². The molecule has 1 aromatic carbocycles. The second-order valence-electron chi connectivity index (χ2n) is 4.43. The molecule has 7 heteroatoms. The van der Waals surface area contributed by atoms with Crippen LogP contribution >= 0.6 is 0 Å². The maximum atomic E-state index is 13.7. The highest BCUT2D eigenvalue weighted by molar-refractivity contribution is 5.47. The van der Waals surface area contributed by atoms with E-state index in [4.69, 9.17) is 10.8 Å². The lowest BCUT2D eigenvalue weighted by molar-refractivity contribution is -0.385. The second kappa shape index (κ2) is 3.96. The number of non-ortho nitro benzene ring substituents is 1. The van der Waals surface area contributed by atoms with Crippen LogP contribution in [0.15, 0.2) is 18.2 Å². The molecule has 5 nitrogen and oxygen atoms in total. The number of aryl methyl sites for hydroxylation is 1. The summed E-state index contributed by atoms with van der Waals surface area (Å²) in [6.07, 6.45) is 0.274. The number of aliphatic hydroxyl groups excluding tert-OH is 1. The van der Waals surface area contributed by atoms with Crippen LogP contribution < -0.4 is 5.73 Å². The van der Waals surface area contributed by atoms with Crippen molar-refractivity contribution in [3.8, 4) is 0 Å². The van der Waals surface area contributed by atoms with E-state index >= 15 is 0 Å². The number of benzene rings is 1. The van der Waals surface area contributed by atoms with Crippen LogP contribution in [-0.4, -0.2) is 22.6 Å². The first kappa shape index (κ1) is 12.8. The van der Waals surface area contributed by atoms with Crippen LogP contribution in [0.4, 0.5) is 14.5 Å². The minimum Gasteiger partial charge on any atom is -0.390 e. The fraction of sp³-hybridized carbons (Fsp3) is 0.455. The zero-order chi connectivity index (χ0) is 13.6. The van der Waals surface area contributed by atoms with Crippen molar-refractivity contribution in [3.63, 3.8) is 0 Å². The molecule has 0 spiro atoms. The van der Waals surface area contributed by atoms with Crippen LogP contribution in [0.3, 0.4) is 0 Å². The fourth-order valence-electron chi connectivity index (χ4n) is 2.30. The Kier molecular flexibility index (Phi) is 2.83. The molecule has 1 aromatic rings. The maximum Gasteiger partial charge on any atom is 0.292 e. The van der Waals surface area contributed by atoms with Gasteiger partial charge in [0, 0.05) is 12.1 Å². The molecule has 0 saturated carbocycles. The average molecular weight is 258 g/mol. The van der Waals surface area contributed by atoms with Crippen LogP contribution in [0.1, 0.15) is 17.5 Å². The van der Waals surface area contributed by atoms with E-state index in [1.807, 2.05) is 0 Å². The smallest absolute Gasteiger partial charge is 0.292 e. The standard InChI is InChI=1S/C11H12F2N2O3/c12-11(13,6-16)10(14)4-3-7-1-2-8(15(17)18)5-9(7)10/h1-2,5,16H,3-4,6,14H2. The summed E-state index contributed by atoms with van der Waals surface area (Å²) in [7, 11) is 0. The Labute approximate surface area is 101 Å². The number of halogens is 2. The van der Waals surface area contributed by atoms with Gasteiger partial charge >= 0.3 is 0 Å². The van der Waals surface area contributed by atoms with E-state index in [0.717, 1.165) is 6.07 Å². The van der Waals surface area contributed by atoms with E-state index in [-0.39, 0.29) is 17.7 Å². The van der Waals surface area contributed by atoms with Crippen molar-refractivity contribution in [1.29, 1.82) is 0 Å². The van der Waals surface area contributed by atoms with Crippen LogP contribution in [0.2, 0.25) is 0 Å². The van der Waals surface area contributed by atoms with E-state index < -0.39 is 23.0 Å². The molecule has 0 aromatic heterocycles. The Morgan fingerprint density at radius 2 is 2.22 bits per heavy atom. The molecule has 0 radical (unpaired) electrons. The van der Waals surface area contributed by atoms with Crippen molar-refractivity contribution in [2.45, 2.75) is 24.3 Å². The van der Waals surface area contributed by atoms with Gasteiger partial charge in [-0.25, -0.2) is 8.78 Å². The van der Waals surface area contributed by atoms with Gasteiger partial charge in [0.05, 0.1) is 4.92 Å². The third-order valence-electron chi connectivity index (χ3n) is 3.42. The Morgan fingerprint density at radius 3 is 2.78 bits per heavy atom. The Bertz CT molecular complexity index is 507. The molecule has 0 fully saturated rings. The first-order valence-corrected chi connectivity index (χ1v) is 5.37. The molecule has 0 bridgehead atoms. The predicted molar refractivity (Wildman–Crippen MR) is 59.3 cm³/mol. The summed E-state index contributed by atoms with van der Waals surface area (Å²) in [6, 6.07) is 3.78. The van der Waals surface area contributed by atoms with Crippen molar-refractivity contribution >= 4 is 5.69 Å². The van der Waals surface area contributed by atoms with Gasteiger partial charge in [-0.1, -0.05) is 6.07 Å². The molecule has 0 saturated heterocycles. The summed E-state index contributed by atoms with van der Waals surface area (Å²) < 4.78 is 27.4. The largest absolute Gasteiger partial charge is 0.390 e. The molecule has 0 amide bonds. The van der Waals surface area contributed by atoms with Crippen LogP contribution in [0.5, 0.6) is 0 Å². The Hall–Kier alpha value is -1.60. The summed E-state index contributed by atoms with van der Waals surface area (Å²) in [6.45, 7) is -1.38. The Morgan fingerprint density at radius 1 is 1.56 bits per heavy atom. The van der Waals surface area contributed by atoms with E-state index in [1.165, 1.54) is 12.1 Å². The SMILES string of the molecule is NC1(C(F)(F)CO)CCc2ccc([N+](=O)[O-])cc21. The summed E-state index contributed by atoms with van der Waals surface area (Å²) in [5.74, 6) is -3.51. The molecule has 98 valence electrons. The molecule has 1 aliphatic carbocycles. The molecule has 1 atom stereocenters. The van der Waals surface area contributed by atoms with Gasteiger partial charge in [0.1, 0.15) is 12.1 Å². The molecule has 3 N–H and O–H groups in total. The molecular formula is C11H12F2N2O3. The fourth-order valence-corrected chi connectivity index (χ4v) is 2.30. The zero-order valence-electron chi connectivity index (χ0n) is 9.40. The minimum atomic E-state index is -3.51. The number of hydrogen-bond acceptors (Lipinski definition) is 4. The second-order valence-corrected chi connectivity index (χ2v) is 4.43. The predicted octanol–water partition coefficient (Wildman–Crippen LogP) is 1.32. The lowest BCUT2D eigenvalue weighted by Gasteiger charge is -2.33. The van der Waals surface area contributed by atoms with Crippen molar-refractivity contribution < 1.29 is 18.8 Å². The number of alkyl halides is 2. The van der Waals surface area contributed by atoms with E-state index in [0.29, 0.717) is 12.0 Å². The molecule has 1 aliphatic rings. The van der Waals surface area contributed by atoms with E-state index in [1.54, 1.807) is 0 Å². The van der Waals surface area contributed by atoms with Gasteiger partial charge in [0.15, 0.2) is 0 Å². The highest BCUT2D eigenvalue weighted by Gasteiger charge is 2.55. The third-order valence-corrected chi connectivity index (χ3v) is 3.42. The summed E-state index contributed by atoms with van der Waals surface area (Å²) >= 11 is 0. The number of nitro groups is 1. The normalized spacial score (nSPS) is 22.9. The first-order valence-electron chi connectivity index (χ1n) is 5.37. The average Bonchev–Trinajstić information content (AvgIpc) is 2.68. The van der Waals surface area contributed by atoms with Gasteiger partial charge in [-0.05, 0) is 24.0 Å². The molecule has 0 heterocycles. The van der Waals surface area contributed by atoms with Crippen LogP contribution in [0.25, 0.3) is 0 Å². The number of nitro benzene ring substituents is 1. The lowest BCUT2D eigenvalue weighted by Crippen LogP contribution is -2.53. The molecule has 2 rings (SSSR count). The van der Waals surface area contributed by atoms with Crippen LogP contribution in [-0.2, 0) is 12.0 Å². The molecule has 1 unspecified atom stereocenters. The molecule has 18 heavy (non-hydrogen) atoms. The minimum absolute atomic E-state index is 0.0446. The van der Waals surface area contributed by atoms with Gasteiger partial charge in [0.2, 0.25) is 0 Å².